The Kier molecular flexibility index (Phi) is 25.7. The molecule has 3 aliphatic heterocycles. The summed E-state index contributed by atoms with van der Waals surface area (Å²) in [6, 6.07) is 21.1. The van der Waals surface area contributed by atoms with Crippen molar-refractivity contribution in [3.8, 4) is 21.6 Å². The van der Waals surface area contributed by atoms with Crippen molar-refractivity contribution in [2.75, 3.05) is 96.9 Å². The van der Waals surface area contributed by atoms with Crippen molar-refractivity contribution in [1.29, 1.82) is 0 Å². The van der Waals surface area contributed by atoms with Crippen molar-refractivity contribution in [3.05, 3.63) is 127 Å². The van der Waals surface area contributed by atoms with E-state index in [-0.39, 0.29) is 68.3 Å². The number of nitrogens with one attached hydrogen (secondary N) is 5. The fraction of sp³-hybridized carbons (Fsp3) is 0.551. The number of benzene rings is 3. The van der Waals surface area contributed by atoms with Gasteiger partial charge in [0.15, 0.2) is 0 Å². The van der Waals surface area contributed by atoms with Crippen LogP contribution in [0.1, 0.15) is 129 Å². The molecule has 3 fully saturated rings. The normalized spacial score (nSPS) is 17.1. The molecule has 0 saturated carbocycles. The molecule has 8 rings (SSSR count). The fourth-order valence-corrected chi connectivity index (χ4v) is 13.0. The lowest BCUT2D eigenvalue weighted by Crippen LogP contribution is -2.57. The maximum atomic E-state index is 14.0. The number of carbonyl (C=O) groups excluding carboxylic acids is 5. The van der Waals surface area contributed by atoms with Crippen LogP contribution in [-0.4, -0.2) is 176 Å². The smallest absolute Gasteiger partial charge is 0.253 e. The predicted molar refractivity (Wildman–Crippen MR) is 352 cm³/mol. The molecule has 0 aliphatic carbocycles. The molecule has 0 unspecified atom stereocenters. The third-order valence-electron chi connectivity index (χ3n) is 17.4. The molecule has 3 saturated heterocycles. The molecule has 0 radical (unpaired) electrons. The van der Waals surface area contributed by atoms with Crippen molar-refractivity contribution in [2.24, 2.45) is 5.41 Å². The molecule has 21 heteroatoms. The van der Waals surface area contributed by atoms with Crippen LogP contribution < -0.4 is 31.7 Å². The average Bonchev–Trinajstić information content (AvgIpc) is 0.920. The third kappa shape index (κ3) is 19.6. The van der Waals surface area contributed by atoms with Gasteiger partial charge in [0.05, 0.1) is 35.3 Å². The number of carbonyl (C=O) groups is 5. The van der Waals surface area contributed by atoms with Gasteiger partial charge in [0.1, 0.15) is 12.1 Å². The lowest BCUT2D eigenvalue weighted by molar-refractivity contribution is -0.144. The fourth-order valence-electron chi connectivity index (χ4n) is 12.2. The van der Waals surface area contributed by atoms with E-state index in [9.17, 15) is 33.9 Å². The van der Waals surface area contributed by atoms with Gasteiger partial charge < -0.3 is 55.4 Å². The number of unbranched alkanes of at least 4 members (excludes halogenated alkanes) is 2. The lowest BCUT2D eigenvalue weighted by atomic mass is 9.85. The molecule has 5 heterocycles. The first kappa shape index (κ1) is 69.0. The molecule has 6 N–H and O–H groups in total. The Bertz CT molecular complexity index is 3240. The van der Waals surface area contributed by atoms with Crippen molar-refractivity contribution in [1.82, 2.24) is 45.9 Å². The van der Waals surface area contributed by atoms with E-state index in [0.717, 1.165) is 127 Å². The Morgan fingerprint density at radius 2 is 1.47 bits per heavy atom. The molecule has 0 spiro atoms. The van der Waals surface area contributed by atoms with Crippen LogP contribution in [0.4, 0.5) is 5.69 Å². The number of pyridine rings is 1. The van der Waals surface area contributed by atoms with Gasteiger partial charge in [-0.2, -0.15) is 0 Å². The zero-order chi connectivity index (χ0) is 64.3. The summed E-state index contributed by atoms with van der Waals surface area (Å²) in [5.41, 5.74) is 11.8. The SMILES string of the molecule is CCN(c1cc(-c2ccc(CN3CCN(CC(=O)NCCCCCOCCCOCCC(=O)N[C@H](C(=O)N4C[C@H](O)C[C@H]4C(=O)NCc4ccc(-c5scnc5C)cc4)C(C)(C)C)CC3)cc2)cc(C(=O)NCc2c(C)cc(C)[nH]c2=O)c1C)C1CCOCC1. The van der Waals surface area contributed by atoms with Gasteiger partial charge >= 0.3 is 0 Å². The standard InChI is InChI=1S/C69H96N10O10S/c1-9-78(55-22-33-89-34-23-55)59-38-54(37-57(48(59)4)65(83)72-41-58-46(2)36-47(3)74-66(58)84)52-18-16-51(17-19-52)42-76-26-28-77(29-27-76)44-62(82)70-25-11-10-12-30-87-31-13-32-88-35-24-61(81)75-64(69(6,7)8)68(86)79-43-56(80)39-60(79)67(85)71-40-50-14-20-53(21-15-50)63-49(5)73-45-90-63/h14-21,36-38,45,55-56,60,64,80H,9-13,22-35,39-44H2,1-8H3,(H,70,82)(H,71,85)(H,72,83)(H,74,84)(H,75,81)/t56-,60+,64-/m1/s1. The topological polar surface area (TPSA) is 240 Å². The molecule has 3 atom stereocenters. The number of thiazole rings is 1. The molecule has 90 heavy (non-hydrogen) atoms. The summed E-state index contributed by atoms with van der Waals surface area (Å²) in [5, 5.41) is 22.6. The van der Waals surface area contributed by atoms with Gasteiger partial charge in [0.25, 0.3) is 11.5 Å². The minimum atomic E-state index is -0.920. The molecule has 3 aromatic carbocycles. The van der Waals surface area contributed by atoms with Crippen LogP contribution in [0.2, 0.25) is 0 Å². The maximum Gasteiger partial charge on any atom is 0.253 e. The molecule has 5 aromatic rings. The predicted octanol–water partition coefficient (Wildman–Crippen LogP) is 7.36. The molecule has 0 bridgehead atoms. The first-order chi connectivity index (χ1) is 43.3. The quantitative estimate of drug-likeness (QED) is 0.0246. The van der Waals surface area contributed by atoms with Crippen LogP contribution in [0.15, 0.2) is 77.0 Å². The van der Waals surface area contributed by atoms with Gasteiger partial charge in [-0.1, -0.05) is 69.3 Å². The number of anilines is 1. The first-order valence-corrected chi connectivity index (χ1v) is 33.1. The second-order valence-corrected chi connectivity index (χ2v) is 26.2. The van der Waals surface area contributed by atoms with Crippen LogP contribution >= 0.6 is 11.3 Å². The molecular weight excluding hydrogens is 1160 g/mol. The largest absolute Gasteiger partial charge is 0.391 e. The summed E-state index contributed by atoms with van der Waals surface area (Å²) in [5.74, 6) is -1.29. The Morgan fingerprint density at radius 1 is 0.789 bits per heavy atom. The summed E-state index contributed by atoms with van der Waals surface area (Å²) >= 11 is 1.58. The highest BCUT2D eigenvalue weighted by Crippen LogP contribution is 2.35. The third-order valence-corrected chi connectivity index (χ3v) is 18.4. The van der Waals surface area contributed by atoms with Crippen LogP contribution in [0.3, 0.4) is 0 Å². The van der Waals surface area contributed by atoms with Gasteiger partial charge in [-0.3, -0.25) is 38.6 Å². The van der Waals surface area contributed by atoms with E-state index in [4.69, 9.17) is 14.2 Å². The van der Waals surface area contributed by atoms with Crippen molar-refractivity contribution < 1.29 is 43.3 Å². The number of H-pyrrole nitrogens is 1. The van der Waals surface area contributed by atoms with E-state index in [2.05, 4.69) is 83.2 Å². The molecule has 488 valence electrons. The number of ether oxygens (including phenoxy) is 3. The van der Waals surface area contributed by atoms with E-state index in [1.807, 2.05) is 90.4 Å². The number of aliphatic hydroxyl groups is 1. The van der Waals surface area contributed by atoms with Gasteiger partial charge in [0, 0.05) is 140 Å². The zero-order valence-corrected chi connectivity index (χ0v) is 55.0. The number of aromatic amines is 1. The second kappa shape index (κ2) is 33.5. The van der Waals surface area contributed by atoms with Crippen LogP contribution in [-0.2, 0) is 53.0 Å². The zero-order valence-electron chi connectivity index (χ0n) is 54.2. The minimum absolute atomic E-state index is 0.000412. The first-order valence-electron chi connectivity index (χ1n) is 32.2. The molecule has 20 nitrogen and oxygen atoms in total. The number of β-amino-alcohol motifs (C(OH)–C–C–N with tert-alkyl or cyclic N) is 1. The number of aliphatic hydroxyl groups excluding tert-OH is 1. The molecule has 5 amide bonds. The molecular formula is C69H96N10O10S. The Hall–Kier alpha value is -6.85. The summed E-state index contributed by atoms with van der Waals surface area (Å²) < 4.78 is 17.3. The number of nitrogens with zero attached hydrogens (tertiary/aromatic N) is 5. The number of hydrogen-bond acceptors (Lipinski definition) is 15. The maximum absolute atomic E-state index is 14.0. The number of rotatable bonds is 30. The van der Waals surface area contributed by atoms with E-state index >= 15 is 0 Å². The number of hydrogen-bond donors (Lipinski definition) is 6. The summed E-state index contributed by atoms with van der Waals surface area (Å²) in [7, 11) is 0. The average molecular weight is 1260 g/mol. The highest BCUT2D eigenvalue weighted by molar-refractivity contribution is 7.13. The van der Waals surface area contributed by atoms with Crippen molar-refractivity contribution in [3.63, 3.8) is 0 Å². The number of piperazine rings is 1. The second-order valence-electron chi connectivity index (χ2n) is 25.4. The Labute approximate surface area is 535 Å². The lowest BCUT2D eigenvalue weighted by Gasteiger charge is -2.37. The van der Waals surface area contributed by atoms with Crippen molar-refractivity contribution in [2.45, 2.75) is 151 Å². The highest BCUT2D eigenvalue weighted by Gasteiger charge is 2.44. The van der Waals surface area contributed by atoms with E-state index < -0.39 is 29.5 Å². The van der Waals surface area contributed by atoms with Crippen LogP contribution in [0.25, 0.3) is 21.6 Å². The summed E-state index contributed by atoms with van der Waals surface area (Å²) in [6.45, 7) is 24.9. The number of likely N-dealkylation sites (tertiary alicyclic amines) is 1. The number of aromatic nitrogens is 2. The van der Waals surface area contributed by atoms with Crippen LogP contribution in [0.5, 0.6) is 0 Å². The van der Waals surface area contributed by atoms with E-state index in [0.29, 0.717) is 69.7 Å². The number of amides is 5. The van der Waals surface area contributed by atoms with Gasteiger partial charge in [-0.25, -0.2) is 4.98 Å². The van der Waals surface area contributed by atoms with Gasteiger partial charge in [-0.05, 0) is 136 Å². The van der Waals surface area contributed by atoms with E-state index in [1.165, 1.54) is 10.5 Å². The summed E-state index contributed by atoms with van der Waals surface area (Å²) in [4.78, 5) is 97.1. The van der Waals surface area contributed by atoms with Gasteiger partial charge in [-0.15, -0.1) is 11.3 Å². The van der Waals surface area contributed by atoms with Gasteiger partial charge in [0.2, 0.25) is 23.6 Å². The summed E-state index contributed by atoms with van der Waals surface area (Å²) in [6.07, 6.45) is 4.48. The minimum Gasteiger partial charge on any atom is -0.391 e. The van der Waals surface area contributed by atoms with Crippen molar-refractivity contribution >= 4 is 46.6 Å². The monoisotopic (exact) mass is 1260 g/mol. The molecule has 3 aliphatic rings. The number of aryl methyl sites for hydroxylation is 3. The Balaban J connectivity index is 0.672. The molecule has 2 aromatic heterocycles. The highest BCUT2D eigenvalue weighted by atomic mass is 32.1. The Morgan fingerprint density at radius 3 is 2.14 bits per heavy atom. The van der Waals surface area contributed by atoms with Crippen LogP contribution in [0, 0.1) is 33.1 Å². The van der Waals surface area contributed by atoms with E-state index in [1.54, 1.807) is 11.3 Å².